The number of carboxylic acid groups (broad SMARTS) is 1. The van der Waals surface area contributed by atoms with Crippen LogP contribution in [0.15, 0.2) is 24.3 Å². The minimum atomic E-state index is -0.822. The van der Waals surface area contributed by atoms with E-state index in [0.29, 0.717) is 31.3 Å². The lowest BCUT2D eigenvalue weighted by Crippen LogP contribution is -2.45. The molecule has 2 aromatic rings. The van der Waals surface area contributed by atoms with Crippen LogP contribution in [-0.4, -0.2) is 40.2 Å². The number of carboxylic acids is 1. The van der Waals surface area contributed by atoms with Crippen LogP contribution in [0.4, 0.5) is 5.82 Å². The van der Waals surface area contributed by atoms with E-state index >= 15 is 0 Å². The molecule has 0 aliphatic carbocycles. The first-order valence-electron chi connectivity index (χ1n) is 7.59. The lowest BCUT2D eigenvalue weighted by atomic mass is 10.0. The molecule has 1 aromatic carbocycles. The highest BCUT2D eigenvalue weighted by Gasteiger charge is 2.32. The lowest BCUT2D eigenvalue weighted by molar-refractivity contribution is -0.139. The summed E-state index contributed by atoms with van der Waals surface area (Å²) in [6.07, 6.45) is 2.48. The molecule has 22 heavy (non-hydrogen) atoms. The Bertz CT molecular complexity index is 689. The number of piperidine rings is 1. The molecule has 1 saturated heterocycles. The topological polar surface area (TPSA) is 75.6 Å². The van der Waals surface area contributed by atoms with Crippen LogP contribution < -0.4 is 9.64 Å². The van der Waals surface area contributed by atoms with Gasteiger partial charge in [-0.05, 0) is 38.3 Å². The van der Waals surface area contributed by atoms with Gasteiger partial charge < -0.3 is 14.7 Å². The predicted octanol–water partition coefficient (Wildman–Crippen LogP) is 2.47. The third-order valence-corrected chi connectivity index (χ3v) is 3.86. The summed E-state index contributed by atoms with van der Waals surface area (Å²) in [6, 6.07) is 6.98. The Morgan fingerprint density at radius 1 is 1.32 bits per heavy atom. The van der Waals surface area contributed by atoms with E-state index in [4.69, 9.17) is 4.74 Å². The highest BCUT2D eigenvalue weighted by atomic mass is 16.5. The first-order chi connectivity index (χ1) is 10.7. The van der Waals surface area contributed by atoms with Crippen LogP contribution in [0.1, 0.15) is 26.2 Å². The van der Waals surface area contributed by atoms with Gasteiger partial charge >= 0.3 is 5.97 Å². The van der Waals surface area contributed by atoms with Crippen LogP contribution >= 0.6 is 0 Å². The highest BCUT2D eigenvalue weighted by Crippen LogP contribution is 2.31. The molecule has 0 radical (unpaired) electrons. The van der Waals surface area contributed by atoms with Crippen molar-refractivity contribution in [3.05, 3.63) is 24.3 Å². The van der Waals surface area contributed by atoms with Gasteiger partial charge in [-0.2, -0.15) is 0 Å². The molecule has 0 spiro atoms. The number of benzene rings is 1. The number of rotatable bonds is 4. The van der Waals surface area contributed by atoms with Crippen molar-refractivity contribution in [2.24, 2.45) is 0 Å². The number of hydrogen-bond donors (Lipinski definition) is 1. The first-order valence-corrected chi connectivity index (χ1v) is 7.59. The van der Waals surface area contributed by atoms with Gasteiger partial charge in [-0.15, -0.1) is 0 Å². The second-order valence-corrected chi connectivity index (χ2v) is 5.32. The molecular weight excluding hydrogens is 282 g/mol. The molecular formula is C16H19N3O3. The van der Waals surface area contributed by atoms with Gasteiger partial charge in [0.1, 0.15) is 6.04 Å². The number of carbonyl (C=O) groups is 1. The standard InChI is InChI=1S/C16H19N3O3/c1-2-22-15-14(17-11-7-3-4-8-12(11)18-15)19-10-6-5-9-13(19)16(20)21/h3-4,7-8,13H,2,5-6,9-10H2,1H3,(H,20,21). The number of para-hydroxylation sites is 2. The molecule has 1 aliphatic rings. The van der Waals surface area contributed by atoms with Crippen LogP contribution in [0.5, 0.6) is 5.88 Å². The second kappa shape index (κ2) is 6.17. The van der Waals surface area contributed by atoms with Crippen molar-refractivity contribution in [2.45, 2.75) is 32.2 Å². The second-order valence-electron chi connectivity index (χ2n) is 5.32. The number of ether oxygens (including phenoxy) is 1. The van der Waals surface area contributed by atoms with Gasteiger partial charge in [-0.25, -0.2) is 14.8 Å². The molecule has 1 unspecified atom stereocenters. The largest absolute Gasteiger partial charge is 0.480 e. The van der Waals surface area contributed by atoms with E-state index in [9.17, 15) is 9.90 Å². The zero-order valence-corrected chi connectivity index (χ0v) is 12.5. The quantitative estimate of drug-likeness (QED) is 0.935. The van der Waals surface area contributed by atoms with E-state index in [1.165, 1.54) is 0 Å². The molecule has 0 saturated carbocycles. The van der Waals surface area contributed by atoms with Gasteiger partial charge in [0.25, 0.3) is 5.88 Å². The molecule has 2 heterocycles. The normalized spacial score (nSPS) is 18.4. The van der Waals surface area contributed by atoms with E-state index < -0.39 is 12.0 Å². The minimum Gasteiger partial charge on any atom is -0.480 e. The molecule has 1 fully saturated rings. The SMILES string of the molecule is CCOc1nc2ccccc2nc1N1CCCCC1C(=O)O. The van der Waals surface area contributed by atoms with Gasteiger partial charge in [0.05, 0.1) is 17.6 Å². The molecule has 1 aromatic heterocycles. The maximum Gasteiger partial charge on any atom is 0.326 e. The van der Waals surface area contributed by atoms with Gasteiger partial charge in [-0.1, -0.05) is 12.1 Å². The summed E-state index contributed by atoms with van der Waals surface area (Å²) >= 11 is 0. The maximum absolute atomic E-state index is 11.5. The molecule has 1 N–H and O–H groups in total. The van der Waals surface area contributed by atoms with Crippen LogP contribution in [0.3, 0.4) is 0 Å². The molecule has 116 valence electrons. The third-order valence-electron chi connectivity index (χ3n) is 3.86. The number of anilines is 1. The number of nitrogens with zero attached hydrogens (tertiary/aromatic N) is 3. The number of aliphatic carboxylic acids is 1. The Labute approximate surface area is 128 Å². The van der Waals surface area contributed by atoms with Crippen molar-refractivity contribution < 1.29 is 14.6 Å². The van der Waals surface area contributed by atoms with Crippen LogP contribution in [0, 0.1) is 0 Å². The summed E-state index contributed by atoms with van der Waals surface area (Å²) in [4.78, 5) is 22.5. The molecule has 6 nitrogen and oxygen atoms in total. The number of aromatic nitrogens is 2. The Hall–Kier alpha value is -2.37. The Balaban J connectivity index is 2.10. The predicted molar refractivity (Wildman–Crippen MR) is 83.3 cm³/mol. The summed E-state index contributed by atoms with van der Waals surface area (Å²) in [7, 11) is 0. The van der Waals surface area contributed by atoms with Crippen molar-refractivity contribution >= 4 is 22.8 Å². The van der Waals surface area contributed by atoms with E-state index in [1.807, 2.05) is 36.1 Å². The summed E-state index contributed by atoms with van der Waals surface area (Å²) in [5.41, 5.74) is 1.49. The molecule has 0 bridgehead atoms. The fourth-order valence-electron chi connectivity index (χ4n) is 2.84. The third kappa shape index (κ3) is 2.68. The van der Waals surface area contributed by atoms with Gasteiger partial charge in [0.2, 0.25) is 0 Å². The van der Waals surface area contributed by atoms with Crippen molar-refractivity contribution in [3.8, 4) is 5.88 Å². The smallest absolute Gasteiger partial charge is 0.326 e. The summed E-state index contributed by atoms with van der Waals surface area (Å²) in [5.74, 6) is 0.124. The van der Waals surface area contributed by atoms with Gasteiger partial charge in [0.15, 0.2) is 5.82 Å². The van der Waals surface area contributed by atoms with Gasteiger partial charge in [-0.3, -0.25) is 0 Å². The fraction of sp³-hybridized carbons (Fsp3) is 0.438. The zero-order chi connectivity index (χ0) is 15.5. The van der Waals surface area contributed by atoms with E-state index in [2.05, 4.69) is 9.97 Å². The first kappa shape index (κ1) is 14.6. The molecule has 0 amide bonds. The van der Waals surface area contributed by atoms with Crippen LogP contribution in [0.2, 0.25) is 0 Å². The Kier molecular flexibility index (Phi) is 4.09. The molecule has 3 rings (SSSR count). The van der Waals surface area contributed by atoms with Gasteiger partial charge in [0, 0.05) is 6.54 Å². The highest BCUT2D eigenvalue weighted by molar-refractivity contribution is 5.81. The van der Waals surface area contributed by atoms with Crippen molar-refractivity contribution in [2.75, 3.05) is 18.1 Å². The summed E-state index contributed by atoms with van der Waals surface area (Å²) in [6.45, 7) is 3.00. The average molecular weight is 301 g/mol. The Morgan fingerprint density at radius 3 is 2.73 bits per heavy atom. The zero-order valence-electron chi connectivity index (χ0n) is 12.5. The number of fused-ring (bicyclic) bond motifs is 1. The Morgan fingerprint density at radius 2 is 2.05 bits per heavy atom. The fourth-order valence-corrected chi connectivity index (χ4v) is 2.84. The van der Waals surface area contributed by atoms with E-state index in [1.54, 1.807) is 0 Å². The molecule has 1 aliphatic heterocycles. The van der Waals surface area contributed by atoms with Crippen LogP contribution in [-0.2, 0) is 4.79 Å². The van der Waals surface area contributed by atoms with Crippen molar-refractivity contribution in [1.82, 2.24) is 9.97 Å². The van der Waals surface area contributed by atoms with E-state index in [-0.39, 0.29) is 0 Å². The maximum atomic E-state index is 11.5. The summed E-state index contributed by atoms with van der Waals surface area (Å²) in [5, 5.41) is 9.47. The lowest BCUT2D eigenvalue weighted by Gasteiger charge is -2.34. The molecule has 6 heteroatoms. The summed E-state index contributed by atoms with van der Waals surface area (Å²) < 4.78 is 5.62. The number of hydrogen-bond acceptors (Lipinski definition) is 5. The monoisotopic (exact) mass is 301 g/mol. The van der Waals surface area contributed by atoms with Crippen LogP contribution in [0.25, 0.3) is 11.0 Å². The van der Waals surface area contributed by atoms with E-state index in [0.717, 1.165) is 23.9 Å². The molecule has 1 atom stereocenters. The minimum absolute atomic E-state index is 0.411. The average Bonchev–Trinajstić information content (AvgIpc) is 2.54. The van der Waals surface area contributed by atoms with Crippen molar-refractivity contribution in [1.29, 1.82) is 0 Å². The van der Waals surface area contributed by atoms with Crippen molar-refractivity contribution in [3.63, 3.8) is 0 Å².